The third kappa shape index (κ3) is 4.39. The highest BCUT2D eigenvalue weighted by Gasteiger charge is 2.25. The minimum absolute atomic E-state index is 0.0523. The van der Waals surface area contributed by atoms with Crippen LogP contribution in [-0.2, 0) is 0 Å². The van der Waals surface area contributed by atoms with E-state index in [1.807, 2.05) is 13.8 Å². The lowest BCUT2D eigenvalue weighted by Gasteiger charge is -2.32. The number of carbonyl (C=O) groups excluding carboxylic acids is 2. The van der Waals surface area contributed by atoms with Crippen LogP contribution in [0.15, 0.2) is 36.7 Å². The van der Waals surface area contributed by atoms with Crippen LogP contribution in [0.2, 0.25) is 0 Å². The molecule has 1 fully saturated rings. The van der Waals surface area contributed by atoms with Gasteiger partial charge in [-0.3, -0.25) is 14.3 Å². The van der Waals surface area contributed by atoms with Crippen LogP contribution in [-0.4, -0.2) is 56.7 Å². The van der Waals surface area contributed by atoms with E-state index in [9.17, 15) is 14.4 Å². The molecule has 0 aliphatic carbocycles. The van der Waals surface area contributed by atoms with Gasteiger partial charge < -0.3 is 15.3 Å². The van der Waals surface area contributed by atoms with Crippen LogP contribution in [0.3, 0.4) is 0 Å². The zero-order chi connectivity index (χ0) is 20.3. The number of rotatable bonds is 5. The molecule has 2 N–H and O–H groups in total. The van der Waals surface area contributed by atoms with E-state index < -0.39 is 5.97 Å². The molecule has 0 bridgehead atoms. The summed E-state index contributed by atoms with van der Waals surface area (Å²) < 4.78 is 1.67. The Hall–Kier alpha value is -3.16. The maximum absolute atomic E-state index is 12.7. The van der Waals surface area contributed by atoms with Gasteiger partial charge in [-0.05, 0) is 51.0 Å². The normalized spacial score (nSPS) is 14.9. The first kappa shape index (κ1) is 19.6. The Morgan fingerprint density at radius 3 is 2.21 bits per heavy atom. The summed E-state index contributed by atoms with van der Waals surface area (Å²) in [6.45, 7) is 4.93. The first-order valence-electron chi connectivity index (χ1n) is 9.33. The molecule has 0 saturated carbocycles. The van der Waals surface area contributed by atoms with Crippen LogP contribution in [0.5, 0.6) is 0 Å². The third-order valence-corrected chi connectivity index (χ3v) is 4.79. The highest BCUT2D eigenvalue weighted by atomic mass is 16.4. The maximum Gasteiger partial charge on any atom is 0.338 e. The van der Waals surface area contributed by atoms with E-state index in [4.69, 9.17) is 5.11 Å². The number of amides is 2. The van der Waals surface area contributed by atoms with E-state index in [1.54, 1.807) is 33.8 Å². The number of benzene rings is 1. The first-order chi connectivity index (χ1) is 13.3. The molecule has 0 spiro atoms. The van der Waals surface area contributed by atoms with E-state index in [2.05, 4.69) is 10.4 Å². The molecule has 0 unspecified atom stereocenters. The van der Waals surface area contributed by atoms with Gasteiger partial charge in [0, 0.05) is 36.5 Å². The lowest BCUT2D eigenvalue weighted by Crippen LogP contribution is -2.39. The fourth-order valence-corrected chi connectivity index (χ4v) is 3.27. The van der Waals surface area contributed by atoms with Gasteiger partial charge in [0.1, 0.15) is 0 Å². The van der Waals surface area contributed by atoms with Crippen molar-refractivity contribution in [3.8, 4) is 0 Å². The topological polar surface area (TPSA) is 105 Å². The average Bonchev–Trinajstić information content (AvgIpc) is 3.18. The molecule has 1 aromatic heterocycles. The summed E-state index contributed by atoms with van der Waals surface area (Å²) in [4.78, 5) is 37.5. The standard InChI is InChI=1S/C20H24N4O4/c1-13(2)22-18(25)14-3-5-15(6-4-14)19(26)23-9-7-17(8-10-23)24-12-16(11-21-24)20(27)28/h3-6,11-13,17H,7-10H2,1-2H3,(H,22,25)(H,27,28). The molecule has 1 aliphatic rings. The molecule has 0 radical (unpaired) electrons. The van der Waals surface area contributed by atoms with E-state index in [-0.39, 0.29) is 29.5 Å². The first-order valence-corrected chi connectivity index (χ1v) is 9.33. The summed E-state index contributed by atoms with van der Waals surface area (Å²) in [6.07, 6.45) is 4.30. The summed E-state index contributed by atoms with van der Waals surface area (Å²) in [7, 11) is 0. The Morgan fingerprint density at radius 1 is 1.07 bits per heavy atom. The predicted octanol–water partition coefficient (Wildman–Crippen LogP) is 2.20. The number of likely N-dealkylation sites (tertiary alicyclic amines) is 1. The zero-order valence-corrected chi connectivity index (χ0v) is 16.0. The Labute approximate surface area is 163 Å². The monoisotopic (exact) mass is 384 g/mol. The Morgan fingerprint density at radius 2 is 1.68 bits per heavy atom. The van der Waals surface area contributed by atoms with Crippen LogP contribution in [0, 0.1) is 0 Å². The largest absolute Gasteiger partial charge is 0.478 e. The van der Waals surface area contributed by atoms with Crippen molar-refractivity contribution in [2.75, 3.05) is 13.1 Å². The van der Waals surface area contributed by atoms with Gasteiger partial charge in [0.2, 0.25) is 0 Å². The number of hydrogen-bond donors (Lipinski definition) is 2. The van der Waals surface area contributed by atoms with Crippen LogP contribution in [0.1, 0.15) is 63.8 Å². The fraction of sp³-hybridized carbons (Fsp3) is 0.400. The zero-order valence-electron chi connectivity index (χ0n) is 16.0. The predicted molar refractivity (Wildman–Crippen MR) is 102 cm³/mol. The van der Waals surface area contributed by atoms with Crippen LogP contribution in [0.4, 0.5) is 0 Å². The summed E-state index contributed by atoms with van der Waals surface area (Å²) in [6, 6.07) is 6.81. The SMILES string of the molecule is CC(C)NC(=O)c1ccc(C(=O)N2CCC(n3cc(C(=O)O)cn3)CC2)cc1. The van der Waals surface area contributed by atoms with Crippen LogP contribution < -0.4 is 5.32 Å². The quantitative estimate of drug-likeness (QED) is 0.822. The van der Waals surface area contributed by atoms with Gasteiger partial charge in [-0.2, -0.15) is 5.10 Å². The minimum Gasteiger partial charge on any atom is -0.478 e. The molecule has 2 heterocycles. The van der Waals surface area contributed by atoms with Crippen molar-refractivity contribution < 1.29 is 19.5 Å². The number of aromatic nitrogens is 2. The van der Waals surface area contributed by atoms with Gasteiger partial charge in [-0.15, -0.1) is 0 Å². The van der Waals surface area contributed by atoms with E-state index in [1.165, 1.54) is 12.4 Å². The average molecular weight is 384 g/mol. The number of carboxylic acid groups (broad SMARTS) is 1. The van der Waals surface area contributed by atoms with E-state index in [0.29, 0.717) is 37.1 Å². The summed E-state index contributed by atoms with van der Waals surface area (Å²) in [5.41, 5.74) is 1.24. The Bertz CT molecular complexity index is 865. The van der Waals surface area contributed by atoms with Crippen molar-refractivity contribution in [1.29, 1.82) is 0 Å². The van der Waals surface area contributed by atoms with Crippen molar-refractivity contribution in [1.82, 2.24) is 20.0 Å². The number of piperidine rings is 1. The number of hydrogen-bond acceptors (Lipinski definition) is 4. The van der Waals surface area contributed by atoms with E-state index >= 15 is 0 Å². The highest BCUT2D eigenvalue weighted by molar-refractivity contribution is 5.98. The molecule has 0 atom stereocenters. The number of carboxylic acids is 1. The number of aromatic carboxylic acids is 1. The van der Waals surface area contributed by atoms with Crippen molar-refractivity contribution in [2.24, 2.45) is 0 Å². The molecular formula is C20H24N4O4. The second-order valence-corrected chi connectivity index (χ2v) is 7.24. The van der Waals surface area contributed by atoms with Crippen LogP contribution >= 0.6 is 0 Å². The van der Waals surface area contributed by atoms with Gasteiger partial charge in [-0.25, -0.2) is 4.79 Å². The van der Waals surface area contributed by atoms with Crippen LogP contribution in [0.25, 0.3) is 0 Å². The maximum atomic E-state index is 12.7. The van der Waals surface area contributed by atoms with Gasteiger partial charge in [-0.1, -0.05) is 0 Å². The molecule has 8 nitrogen and oxygen atoms in total. The number of carbonyl (C=O) groups is 3. The minimum atomic E-state index is -0.996. The molecule has 148 valence electrons. The number of nitrogens with zero attached hydrogens (tertiary/aromatic N) is 3. The smallest absolute Gasteiger partial charge is 0.338 e. The van der Waals surface area contributed by atoms with Gasteiger partial charge in [0.15, 0.2) is 0 Å². The van der Waals surface area contributed by atoms with Gasteiger partial charge >= 0.3 is 5.97 Å². The molecule has 2 amide bonds. The lowest BCUT2D eigenvalue weighted by atomic mass is 10.0. The molecule has 2 aromatic rings. The molecule has 3 rings (SSSR count). The van der Waals surface area contributed by atoms with Gasteiger partial charge in [0.05, 0.1) is 17.8 Å². The fourth-order valence-electron chi connectivity index (χ4n) is 3.27. The summed E-state index contributed by atoms with van der Waals surface area (Å²) >= 11 is 0. The molecule has 1 aliphatic heterocycles. The van der Waals surface area contributed by atoms with Crippen molar-refractivity contribution in [3.63, 3.8) is 0 Å². The van der Waals surface area contributed by atoms with Crippen molar-refractivity contribution in [3.05, 3.63) is 53.3 Å². The summed E-state index contributed by atoms with van der Waals surface area (Å²) in [5, 5.41) is 16.0. The third-order valence-electron chi connectivity index (χ3n) is 4.79. The number of nitrogens with one attached hydrogen (secondary N) is 1. The molecular weight excluding hydrogens is 360 g/mol. The second-order valence-electron chi connectivity index (χ2n) is 7.24. The molecule has 1 aromatic carbocycles. The Kier molecular flexibility index (Phi) is 5.77. The lowest BCUT2D eigenvalue weighted by molar-refractivity contribution is 0.0688. The molecule has 8 heteroatoms. The van der Waals surface area contributed by atoms with Gasteiger partial charge in [0.25, 0.3) is 11.8 Å². The highest BCUT2D eigenvalue weighted by Crippen LogP contribution is 2.23. The molecule has 1 saturated heterocycles. The summed E-state index contributed by atoms with van der Waals surface area (Å²) in [5.74, 6) is -1.22. The van der Waals surface area contributed by atoms with E-state index in [0.717, 1.165) is 0 Å². The van der Waals surface area contributed by atoms with Crippen molar-refractivity contribution in [2.45, 2.75) is 38.8 Å². The second kappa shape index (κ2) is 8.24. The molecule has 28 heavy (non-hydrogen) atoms. The van der Waals surface area contributed by atoms with Crippen molar-refractivity contribution >= 4 is 17.8 Å². The Balaban J connectivity index is 1.58.